The first kappa shape index (κ1) is 14.4. The molecule has 1 heterocycles. The molecule has 0 spiro atoms. The van der Waals surface area contributed by atoms with Crippen LogP contribution in [0.5, 0.6) is 0 Å². The van der Waals surface area contributed by atoms with Gasteiger partial charge >= 0.3 is 11.7 Å². The number of hydrogen-bond acceptors (Lipinski definition) is 6. The minimum atomic E-state index is -0.601. The molecule has 0 fully saturated rings. The second-order valence-electron chi connectivity index (χ2n) is 3.97. The first-order valence-corrected chi connectivity index (χ1v) is 6.30. The lowest BCUT2D eigenvalue weighted by Gasteiger charge is -2.06. The number of esters is 1. The summed E-state index contributed by atoms with van der Waals surface area (Å²) < 4.78 is 4.54. The van der Waals surface area contributed by atoms with E-state index < -0.39 is 10.9 Å². The van der Waals surface area contributed by atoms with Crippen LogP contribution < -0.4 is 0 Å². The zero-order valence-electron chi connectivity index (χ0n) is 10.4. The number of nitro groups is 1. The Balaban J connectivity index is 3.07. The summed E-state index contributed by atoms with van der Waals surface area (Å²) >= 11 is 1.26. The number of carbonyl (C=O) groups excluding carboxylic acids is 1. The van der Waals surface area contributed by atoms with Gasteiger partial charge in [0.15, 0.2) is 5.03 Å². The average Bonchev–Trinajstić information content (AvgIpc) is 2.34. The fourth-order valence-corrected chi connectivity index (χ4v) is 2.09. The molecule has 1 rings (SSSR count). The highest BCUT2D eigenvalue weighted by molar-refractivity contribution is 7.99. The molecule has 0 amide bonds. The zero-order chi connectivity index (χ0) is 13.7. The van der Waals surface area contributed by atoms with Crippen LogP contribution in [0.4, 0.5) is 5.69 Å². The summed E-state index contributed by atoms with van der Waals surface area (Å²) in [5, 5.41) is 11.1. The van der Waals surface area contributed by atoms with Crippen LogP contribution in [0.15, 0.2) is 17.2 Å². The zero-order valence-corrected chi connectivity index (χ0v) is 11.2. The molecule has 0 saturated carbocycles. The number of ether oxygens (including phenoxy) is 1. The largest absolute Gasteiger partial charge is 0.464 e. The van der Waals surface area contributed by atoms with Crippen molar-refractivity contribution in [3.63, 3.8) is 0 Å². The van der Waals surface area contributed by atoms with Crippen molar-refractivity contribution in [3.8, 4) is 0 Å². The molecule has 0 bridgehead atoms. The van der Waals surface area contributed by atoms with E-state index in [0.29, 0.717) is 11.7 Å². The average molecular weight is 270 g/mol. The summed E-state index contributed by atoms with van der Waals surface area (Å²) in [5.41, 5.74) is -0.0114. The number of carbonyl (C=O) groups is 1. The molecular weight excluding hydrogens is 256 g/mol. The lowest BCUT2D eigenvalue weighted by Crippen LogP contribution is -2.06. The Labute approximate surface area is 109 Å². The smallest absolute Gasteiger partial charge is 0.356 e. The van der Waals surface area contributed by atoms with Crippen molar-refractivity contribution >= 4 is 23.4 Å². The topological polar surface area (TPSA) is 82.3 Å². The van der Waals surface area contributed by atoms with Crippen molar-refractivity contribution < 1.29 is 14.5 Å². The van der Waals surface area contributed by atoms with E-state index in [1.165, 1.54) is 31.0 Å². The van der Waals surface area contributed by atoms with Crippen molar-refractivity contribution in [2.75, 3.05) is 12.9 Å². The number of aromatic nitrogens is 1. The van der Waals surface area contributed by atoms with Crippen LogP contribution in [0.1, 0.15) is 24.3 Å². The van der Waals surface area contributed by atoms with E-state index in [1.54, 1.807) is 0 Å². The van der Waals surface area contributed by atoms with E-state index in [2.05, 4.69) is 9.72 Å². The van der Waals surface area contributed by atoms with Gasteiger partial charge in [0.2, 0.25) is 0 Å². The molecule has 7 heteroatoms. The highest BCUT2D eigenvalue weighted by Gasteiger charge is 2.19. The van der Waals surface area contributed by atoms with Crippen LogP contribution in [-0.2, 0) is 4.74 Å². The standard InChI is InChI=1S/C11H14N2O4S/c1-7(2)6-18-10-9(13(15)16)5-4-8(12-10)11(14)17-3/h4-5,7H,6H2,1-3H3. The van der Waals surface area contributed by atoms with E-state index >= 15 is 0 Å². The lowest BCUT2D eigenvalue weighted by molar-refractivity contribution is -0.388. The van der Waals surface area contributed by atoms with Gasteiger partial charge in [-0.05, 0) is 12.0 Å². The third-order valence-corrected chi connectivity index (χ3v) is 3.39. The normalized spacial score (nSPS) is 10.4. The first-order chi connectivity index (χ1) is 8.45. The molecule has 0 saturated heterocycles. The monoisotopic (exact) mass is 270 g/mol. The van der Waals surface area contributed by atoms with Gasteiger partial charge in [0.25, 0.3) is 0 Å². The predicted molar refractivity (Wildman–Crippen MR) is 67.8 cm³/mol. The van der Waals surface area contributed by atoms with Gasteiger partial charge in [-0.25, -0.2) is 9.78 Å². The Morgan fingerprint density at radius 3 is 2.72 bits per heavy atom. The second-order valence-corrected chi connectivity index (χ2v) is 4.98. The maximum Gasteiger partial charge on any atom is 0.356 e. The van der Waals surface area contributed by atoms with Crippen LogP contribution in [0.25, 0.3) is 0 Å². The fourth-order valence-electron chi connectivity index (χ4n) is 1.14. The number of rotatable bonds is 5. The molecule has 0 aliphatic heterocycles. The van der Waals surface area contributed by atoms with Gasteiger partial charge in [0.05, 0.1) is 12.0 Å². The minimum Gasteiger partial charge on any atom is -0.464 e. The third kappa shape index (κ3) is 3.69. The molecule has 98 valence electrons. The molecule has 0 radical (unpaired) electrons. The Morgan fingerprint density at radius 2 is 2.22 bits per heavy atom. The van der Waals surface area contributed by atoms with Gasteiger partial charge in [-0.15, -0.1) is 0 Å². The summed E-state index contributed by atoms with van der Waals surface area (Å²) in [6, 6.07) is 2.57. The first-order valence-electron chi connectivity index (χ1n) is 5.32. The number of pyridine rings is 1. The van der Waals surface area contributed by atoms with Crippen molar-refractivity contribution in [3.05, 3.63) is 27.9 Å². The van der Waals surface area contributed by atoms with Gasteiger partial charge < -0.3 is 4.74 Å². The minimum absolute atomic E-state index is 0.0781. The van der Waals surface area contributed by atoms with Crippen molar-refractivity contribution in [1.29, 1.82) is 0 Å². The van der Waals surface area contributed by atoms with Gasteiger partial charge in [-0.3, -0.25) is 10.1 Å². The molecular formula is C11H14N2O4S. The second kappa shape index (κ2) is 6.34. The van der Waals surface area contributed by atoms with Crippen molar-refractivity contribution in [2.24, 2.45) is 5.92 Å². The van der Waals surface area contributed by atoms with Gasteiger partial charge in [-0.2, -0.15) is 0 Å². The van der Waals surface area contributed by atoms with Crippen LogP contribution in [0.2, 0.25) is 0 Å². The summed E-state index contributed by atoms with van der Waals surface area (Å²) in [6.45, 7) is 4.01. The maximum absolute atomic E-state index is 11.3. The SMILES string of the molecule is COC(=O)c1ccc([N+](=O)[O-])c(SCC(C)C)n1. The molecule has 18 heavy (non-hydrogen) atoms. The third-order valence-electron chi connectivity index (χ3n) is 1.98. The quantitative estimate of drug-likeness (QED) is 0.354. The predicted octanol–water partition coefficient (Wildman–Crippen LogP) is 2.52. The Bertz CT molecular complexity index is 462. The Kier molecular flexibility index (Phi) is 5.08. The van der Waals surface area contributed by atoms with Gasteiger partial charge in [0.1, 0.15) is 5.69 Å². The van der Waals surface area contributed by atoms with Crippen molar-refractivity contribution in [1.82, 2.24) is 4.98 Å². The Morgan fingerprint density at radius 1 is 1.56 bits per heavy atom. The molecule has 0 aliphatic carbocycles. The number of nitrogens with zero attached hydrogens (tertiary/aromatic N) is 2. The van der Waals surface area contributed by atoms with E-state index in [1.807, 2.05) is 13.8 Å². The highest BCUT2D eigenvalue weighted by Crippen LogP contribution is 2.28. The molecule has 0 aromatic carbocycles. The molecule has 0 N–H and O–H groups in total. The number of thioether (sulfide) groups is 1. The highest BCUT2D eigenvalue weighted by atomic mass is 32.2. The van der Waals surface area contributed by atoms with E-state index in [4.69, 9.17) is 0 Å². The molecule has 0 unspecified atom stereocenters. The van der Waals surface area contributed by atoms with Gasteiger partial charge in [0, 0.05) is 11.8 Å². The number of methoxy groups -OCH3 is 1. The molecule has 1 aromatic rings. The summed E-state index contributed by atoms with van der Waals surface area (Å²) in [6.07, 6.45) is 0. The summed E-state index contributed by atoms with van der Waals surface area (Å²) in [5.74, 6) is 0.466. The molecule has 1 aromatic heterocycles. The van der Waals surface area contributed by atoms with Crippen LogP contribution >= 0.6 is 11.8 Å². The summed E-state index contributed by atoms with van der Waals surface area (Å²) in [4.78, 5) is 25.7. The van der Waals surface area contributed by atoms with Gasteiger partial charge in [-0.1, -0.05) is 25.6 Å². The molecule has 0 atom stereocenters. The molecule has 0 aliphatic rings. The number of hydrogen-bond donors (Lipinski definition) is 0. The van der Waals surface area contributed by atoms with E-state index in [-0.39, 0.29) is 16.4 Å². The van der Waals surface area contributed by atoms with Crippen LogP contribution in [-0.4, -0.2) is 28.7 Å². The molecule has 6 nitrogen and oxygen atoms in total. The van der Waals surface area contributed by atoms with Crippen molar-refractivity contribution in [2.45, 2.75) is 18.9 Å². The Hall–Kier alpha value is -1.63. The fraction of sp³-hybridized carbons (Fsp3) is 0.455. The lowest BCUT2D eigenvalue weighted by atomic mass is 10.3. The van der Waals surface area contributed by atoms with Crippen LogP contribution in [0.3, 0.4) is 0 Å². The maximum atomic E-state index is 11.3. The van der Waals surface area contributed by atoms with E-state index in [9.17, 15) is 14.9 Å². The van der Waals surface area contributed by atoms with Crippen LogP contribution in [0, 0.1) is 16.0 Å². The summed E-state index contributed by atoms with van der Waals surface area (Å²) in [7, 11) is 1.24. The van der Waals surface area contributed by atoms with E-state index in [0.717, 1.165) is 0 Å².